The summed E-state index contributed by atoms with van der Waals surface area (Å²) >= 11 is 0. The van der Waals surface area contributed by atoms with E-state index in [9.17, 15) is 14.9 Å². The molecule has 9 nitrogen and oxygen atoms in total. The SMILES string of the molecule is COc1ccccc1-c1ccc(N2CCC(C(=O)Nc3cccc([N+](=O)[O-])c3)CC2)nn1. The predicted molar refractivity (Wildman–Crippen MR) is 121 cm³/mol. The van der Waals surface area contributed by atoms with Crippen LogP contribution in [0.3, 0.4) is 0 Å². The highest BCUT2D eigenvalue weighted by Gasteiger charge is 2.26. The molecule has 1 aliphatic rings. The molecule has 0 bridgehead atoms. The second kappa shape index (κ2) is 9.42. The fraction of sp³-hybridized carbons (Fsp3) is 0.261. The maximum Gasteiger partial charge on any atom is 0.271 e. The third-order valence-corrected chi connectivity index (χ3v) is 5.55. The van der Waals surface area contributed by atoms with E-state index >= 15 is 0 Å². The minimum atomic E-state index is -0.478. The molecule has 1 fully saturated rings. The van der Waals surface area contributed by atoms with Gasteiger partial charge in [-0.15, -0.1) is 10.2 Å². The van der Waals surface area contributed by atoms with Crippen molar-refractivity contribution in [3.8, 4) is 17.0 Å². The van der Waals surface area contributed by atoms with Crippen molar-refractivity contribution in [2.24, 2.45) is 5.92 Å². The molecule has 32 heavy (non-hydrogen) atoms. The fourth-order valence-corrected chi connectivity index (χ4v) is 3.81. The number of benzene rings is 2. The number of non-ortho nitro benzene ring substituents is 1. The first kappa shape index (κ1) is 21.2. The van der Waals surface area contributed by atoms with E-state index in [-0.39, 0.29) is 17.5 Å². The fourth-order valence-electron chi connectivity index (χ4n) is 3.81. The van der Waals surface area contributed by atoms with E-state index in [2.05, 4.69) is 20.4 Å². The maximum atomic E-state index is 12.6. The number of hydrogen-bond acceptors (Lipinski definition) is 7. The summed E-state index contributed by atoms with van der Waals surface area (Å²) in [5.74, 6) is 1.22. The Morgan fingerprint density at radius 2 is 1.88 bits per heavy atom. The van der Waals surface area contributed by atoms with Gasteiger partial charge in [-0.2, -0.15) is 0 Å². The van der Waals surface area contributed by atoms with E-state index in [1.807, 2.05) is 36.4 Å². The molecule has 0 radical (unpaired) electrons. The van der Waals surface area contributed by atoms with Crippen molar-refractivity contribution in [2.75, 3.05) is 30.4 Å². The van der Waals surface area contributed by atoms with E-state index < -0.39 is 4.92 Å². The maximum absolute atomic E-state index is 12.6. The third-order valence-electron chi connectivity index (χ3n) is 5.55. The minimum absolute atomic E-state index is 0.0484. The molecule has 0 unspecified atom stereocenters. The lowest BCUT2D eigenvalue weighted by atomic mass is 9.95. The van der Waals surface area contributed by atoms with Gasteiger partial charge in [0.25, 0.3) is 5.69 Å². The van der Waals surface area contributed by atoms with Gasteiger partial charge in [0, 0.05) is 42.4 Å². The molecule has 9 heteroatoms. The van der Waals surface area contributed by atoms with Crippen LogP contribution in [0.1, 0.15) is 12.8 Å². The average Bonchev–Trinajstić information content (AvgIpc) is 2.84. The molecule has 0 atom stereocenters. The summed E-state index contributed by atoms with van der Waals surface area (Å²) in [6.07, 6.45) is 1.33. The Kier molecular flexibility index (Phi) is 6.25. The summed E-state index contributed by atoms with van der Waals surface area (Å²) in [5.41, 5.74) is 2.00. The second-order valence-corrected chi connectivity index (χ2v) is 7.54. The van der Waals surface area contributed by atoms with Crippen molar-refractivity contribution in [3.05, 3.63) is 70.8 Å². The number of nitro benzene ring substituents is 1. The van der Waals surface area contributed by atoms with Crippen LogP contribution in [-0.4, -0.2) is 41.2 Å². The van der Waals surface area contributed by atoms with E-state index in [0.29, 0.717) is 31.6 Å². The van der Waals surface area contributed by atoms with Crippen LogP contribution >= 0.6 is 0 Å². The number of hydrogen-bond donors (Lipinski definition) is 1. The van der Waals surface area contributed by atoms with Crippen LogP contribution in [-0.2, 0) is 4.79 Å². The average molecular weight is 433 g/mol. The molecule has 0 aliphatic carbocycles. The molecule has 0 spiro atoms. The Hall–Kier alpha value is -4.01. The number of carbonyl (C=O) groups excluding carboxylic acids is 1. The van der Waals surface area contributed by atoms with Gasteiger partial charge in [-0.25, -0.2) is 0 Å². The number of aromatic nitrogens is 2. The molecule has 1 N–H and O–H groups in total. The molecule has 1 amide bonds. The summed E-state index contributed by atoms with van der Waals surface area (Å²) in [6.45, 7) is 1.35. The lowest BCUT2D eigenvalue weighted by molar-refractivity contribution is -0.384. The first-order chi connectivity index (χ1) is 15.5. The predicted octanol–water partition coefficient (Wildman–Crippen LogP) is 3.92. The van der Waals surface area contributed by atoms with Gasteiger partial charge >= 0.3 is 0 Å². The zero-order chi connectivity index (χ0) is 22.5. The number of nitrogens with one attached hydrogen (secondary N) is 1. The molecule has 164 valence electrons. The van der Waals surface area contributed by atoms with Crippen LogP contribution in [0, 0.1) is 16.0 Å². The van der Waals surface area contributed by atoms with Crippen LogP contribution in [0.15, 0.2) is 60.7 Å². The smallest absolute Gasteiger partial charge is 0.271 e. The van der Waals surface area contributed by atoms with Gasteiger partial charge < -0.3 is 15.0 Å². The Bertz CT molecular complexity index is 1110. The van der Waals surface area contributed by atoms with E-state index in [4.69, 9.17) is 4.74 Å². The summed E-state index contributed by atoms with van der Waals surface area (Å²) in [7, 11) is 1.62. The molecule has 1 aromatic heterocycles. The van der Waals surface area contributed by atoms with Crippen LogP contribution < -0.4 is 15.0 Å². The Balaban J connectivity index is 1.36. The van der Waals surface area contributed by atoms with Gasteiger partial charge in [0.15, 0.2) is 5.82 Å². The van der Waals surface area contributed by atoms with Gasteiger partial charge in [0.05, 0.1) is 17.7 Å². The zero-order valence-electron chi connectivity index (χ0n) is 17.6. The summed E-state index contributed by atoms with van der Waals surface area (Å²) in [4.78, 5) is 25.2. The summed E-state index contributed by atoms with van der Waals surface area (Å²) in [5, 5.41) is 22.4. The number of nitrogens with zero attached hydrogens (tertiary/aromatic N) is 4. The number of methoxy groups -OCH3 is 1. The van der Waals surface area contributed by atoms with E-state index in [1.165, 1.54) is 12.1 Å². The number of anilines is 2. The van der Waals surface area contributed by atoms with Crippen molar-refractivity contribution in [1.29, 1.82) is 0 Å². The van der Waals surface area contributed by atoms with Gasteiger partial charge in [-0.1, -0.05) is 18.2 Å². The highest BCUT2D eigenvalue weighted by atomic mass is 16.6. The molecule has 1 saturated heterocycles. The molecular formula is C23H23N5O4. The van der Waals surface area contributed by atoms with Crippen molar-refractivity contribution in [2.45, 2.75) is 12.8 Å². The topological polar surface area (TPSA) is 110 Å². The number of amides is 1. The molecule has 2 aromatic carbocycles. The first-order valence-corrected chi connectivity index (χ1v) is 10.3. The van der Waals surface area contributed by atoms with Gasteiger partial charge in [0.1, 0.15) is 5.75 Å². The van der Waals surface area contributed by atoms with Crippen LogP contribution in [0.2, 0.25) is 0 Å². The number of carbonyl (C=O) groups is 1. The summed E-state index contributed by atoms with van der Waals surface area (Å²) in [6, 6.07) is 17.5. The summed E-state index contributed by atoms with van der Waals surface area (Å²) < 4.78 is 5.39. The van der Waals surface area contributed by atoms with Crippen LogP contribution in [0.4, 0.5) is 17.2 Å². The first-order valence-electron chi connectivity index (χ1n) is 10.3. The molecule has 0 saturated carbocycles. The van der Waals surface area contributed by atoms with E-state index in [0.717, 1.165) is 22.8 Å². The van der Waals surface area contributed by atoms with Gasteiger partial charge in [-0.3, -0.25) is 14.9 Å². The molecule has 2 heterocycles. The van der Waals surface area contributed by atoms with Crippen LogP contribution in [0.25, 0.3) is 11.3 Å². The Morgan fingerprint density at radius 3 is 2.56 bits per heavy atom. The normalized spacial score (nSPS) is 14.1. The Morgan fingerprint density at radius 1 is 1.09 bits per heavy atom. The third kappa shape index (κ3) is 4.66. The number of ether oxygens (including phenoxy) is 1. The Labute approximate surface area is 185 Å². The number of rotatable bonds is 6. The lowest BCUT2D eigenvalue weighted by Gasteiger charge is -2.31. The number of para-hydroxylation sites is 1. The molecule has 1 aliphatic heterocycles. The number of nitro groups is 1. The lowest BCUT2D eigenvalue weighted by Crippen LogP contribution is -2.38. The van der Waals surface area contributed by atoms with Crippen molar-refractivity contribution < 1.29 is 14.5 Å². The minimum Gasteiger partial charge on any atom is -0.496 e. The van der Waals surface area contributed by atoms with Crippen LogP contribution in [0.5, 0.6) is 5.75 Å². The second-order valence-electron chi connectivity index (χ2n) is 7.54. The molecule has 3 aromatic rings. The molecular weight excluding hydrogens is 410 g/mol. The van der Waals surface area contributed by atoms with E-state index in [1.54, 1.807) is 19.2 Å². The standard InChI is InChI=1S/C23H23N5O4/c1-32-21-8-3-2-7-19(21)20-9-10-22(26-25-20)27-13-11-16(12-14-27)23(29)24-17-5-4-6-18(15-17)28(30)31/h2-10,15-16H,11-14H2,1H3,(H,24,29). The van der Waals surface area contributed by atoms with Crippen molar-refractivity contribution in [3.63, 3.8) is 0 Å². The highest BCUT2D eigenvalue weighted by molar-refractivity contribution is 5.93. The van der Waals surface area contributed by atoms with Gasteiger partial charge in [-0.05, 0) is 43.2 Å². The largest absolute Gasteiger partial charge is 0.496 e. The number of piperidine rings is 1. The van der Waals surface area contributed by atoms with Crippen molar-refractivity contribution >= 4 is 23.1 Å². The highest BCUT2D eigenvalue weighted by Crippen LogP contribution is 2.29. The monoisotopic (exact) mass is 433 g/mol. The quantitative estimate of drug-likeness (QED) is 0.463. The van der Waals surface area contributed by atoms with Crippen molar-refractivity contribution in [1.82, 2.24) is 10.2 Å². The zero-order valence-corrected chi connectivity index (χ0v) is 17.6. The van der Waals surface area contributed by atoms with Gasteiger partial charge in [0.2, 0.25) is 5.91 Å². The molecule has 4 rings (SSSR count).